The van der Waals surface area contributed by atoms with E-state index in [9.17, 15) is 18.0 Å². The second-order valence-corrected chi connectivity index (χ2v) is 6.79. The number of aromatic nitrogens is 2. The molecule has 0 unspecified atom stereocenters. The monoisotopic (exact) mass is 398 g/mol. The van der Waals surface area contributed by atoms with E-state index in [-0.39, 0.29) is 15.9 Å². The fraction of sp³-hybridized carbons (Fsp3) is 0.182. The molecule has 21 heavy (non-hydrogen) atoms. The summed E-state index contributed by atoms with van der Waals surface area (Å²) in [6, 6.07) is 0.946. The molecule has 0 aromatic carbocycles. The van der Waals surface area contributed by atoms with E-state index >= 15 is 0 Å². The van der Waals surface area contributed by atoms with Crippen molar-refractivity contribution in [2.45, 2.75) is 22.0 Å². The average molecular weight is 399 g/mol. The maximum absolute atomic E-state index is 12.9. The lowest BCUT2D eigenvalue weighted by Gasteiger charge is -2.10. The van der Waals surface area contributed by atoms with E-state index in [0.29, 0.717) is 10.0 Å². The number of carboxylic acids is 1. The summed E-state index contributed by atoms with van der Waals surface area (Å²) in [5, 5.41) is 9.92. The molecule has 0 aliphatic heterocycles. The first-order chi connectivity index (χ1) is 9.75. The van der Waals surface area contributed by atoms with Gasteiger partial charge in [0.2, 0.25) is 0 Å². The molecule has 0 radical (unpaired) electrons. The van der Waals surface area contributed by atoms with E-state index in [4.69, 9.17) is 5.11 Å². The molecule has 10 heteroatoms. The number of nitrogens with zero attached hydrogens (tertiary/aromatic N) is 2. The molecular weight excluding hydrogens is 393 g/mol. The van der Waals surface area contributed by atoms with E-state index in [1.807, 2.05) is 0 Å². The molecule has 0 fully saturated rings. The Morgan fingerprint density at radius 1 is 1.48 bits per heavy atom. The topological polar surface area (TPSA) is 63.1 Å². The van der Waals surface area contributed by atoms with Crippen molar-refractivity contribution >= 4 is 45.0 Å². The molecule has 4 nitrogen and oxygen atoms in total. The molecule has 2 rings (SSSR count). The Hall–Kier alpha value is -1.13. The number of thiazole rings is 1. The molecule has 0 bridgehead atoms. The first-order valence-electron chi connectivity index (χ1n) is 5.32. The van der Waals surface area contributed by atoms with Gasteiger partial charge in [-0.2, -0.15) is 13.2 Å². The van der Waals surface area contributed by atoms with Crippen LogP contribution in [-0.2, 0) is 17.4 Å². The molecule has 0 aliphatic carbocycles. The number of halogens is 4. The third-order valence-corrected chi connectivity index (χ3v) is 4.61. The lowest BCUT2D eigenvalue weighted by atomic mass is 10.3. The highest BCUT2D eigenvalue weighted by atomic mass is 79.9. The summed E-state index contributed by atoms with van der Waals surface area (Å²) >= 11 is 4.80. The van der Waals surface area contributed by atoms with Crippen molar-refractivity contribution in [3.05, 3.63) is 33.4 Å². The number of rotatable bonds is 4. The fourth-order valence-corrected chi connectivity index (χ4v) is 3.53. The Kier molecular flexibility index (Phi) is 4.89. The highest BCUT2D eigenvalue weighted by molar-refractivity contribution is 9.10. The van der Waals surface area contributed by atoms with Crippen LogP contribution in [0.15, 0.2) is 31.5 Å². The van der Waals surface area contributed by atoms with Crippen molar-refractivity contribution in [2.75, 3.05) is 0 Å². The molecule has 0 aliphatic rings. The zero-order valence-electron chi connectivity index (χ0n) is 10.0. The average Bonchev–Trinajstić information content (AvgIpc) is 2.76. The standard InChI is InChI=1S/C11H6BrF3N2O2S2/c12-5-1-7(11(13,14)15)9(16-3-5)21-10-17-6(4-20-10)2-8(18)19/h1,3-4H,2H2,(H,18,19). The summed E-state index contributed by atoms with van der Waals surface area (Å²) in [6.07, 6.45) is -3.53. The van der Waals surface area contributed by atoms with Crippen LogP contribution < -0.4 is 0 Å². The van der Waals surface area contributed by atoms with Gasteiger partial charge in [-0.1, -0.05) is 0 Å². The minimum Gasteiger partial charge on any atom is -0.481 e. The van der Waals surface area contributed by atoms with Gasteiger partial charge in [-0.05, 0) is 33.8 Å². The summed E-state index contributed by atoms with van der Waals surface area (Å²) in [6.45, 7) is 0. The van der Waals surface area contributed by atoms with Gasteiger partial charge in [0.15, 0.2) is 4.34 Å². The molecule has 2 aromatic heterocycles. The van der Waals surface area contributed by atoms with Crippen LogP contribution >= 0.6 is 39.0 Å². The van der Waals surface area contributed by atoms with Crippen molar-refractivity contribution < 1.29 is 23.1 Å². The lowest BCUT2D eigenvalue weighted by Crippen LogP contribution is -2.08. The van der Waals surface area contributed by atoms with Crippen LogP contribution in [0.1, 0.15) is 11.3 Å². The van der Waals surface area contributed by atoms with Crippen LogP contribution in [0, 0.1) is 0 Å². The number of aliphatic carboxylic acids is 1. The summed E-state index contributed by atoms with van der Waals surface area (Å²) in [7, 11) is 0. The fourth-order valence-electron chi connectivity index (χ4n) is 1.37. The Labute approximate surface area is 133 Å². The molecule has 112 valence electrons. The van der Waals surface area contributed by atoms with Crippen molar-refractivity contribution in [1.29, 1.82) is 0 Å². The normalized spacial score (nSPS) is 11.6. The van der Waals surface area contributed by atoms with E-state index in [1.54, 1.807) is 0 Å². The first kappa shape index (κ1) is 16.2. The van der Waals surface area contributed by atoms with E-state index < -0.39 is 17.7 Å². The SMILES string of the molecule is O=C(O)Cc1csc(Sc2ncc(Br)cc2C(F)(F)F)n1. The quantitative estimate of drug-likeness (QED) is 0.839. The highest BCUT2D eigenvalue weighted by Crippen LogP contribution is 2.40. The van der Waals surface area contributed by atoms with Gasteiger partial charge in [0.05, 0.1) is 17.7 Å². The van der Waals surface area contributed by atoms with E-state index in [2.05, 4.69) is 25.9 Å². The molecule has 1 N–H and O–H groups in total. The third-order valence-electron chi connectivity index (χ3n) is 2.17. The number of hydrogen-bond donors (Lipinski definition) is 1. The van der Waals surface area contributed by atoms with Crippen LogP contribution in [0.2, 0.25) is 0 Å². The summed E-state index contributed by atoms with van der Waals surface area (Å²) in [4.78, 5) is 18.3. The van der Waals surface area contributed by atoms with Crippen molar-refractivity contribution in [2.24, 2.45) is 0 Å². The number of hydrogen-bond acceptors (Lipinski definition) is 5. The minimum atomic E-state index is -4.53. The summed E-state index contributed by atoms with van der Waals surface area (Å²) in [5.41, 5.74) is -0.558. The van der Waals surface area contributed by atoms with E-state index in [1.165, 1.54) is 11.6 Å². The van der Waals surface area contributed by atoms with Gasteiger partial charge < -0.3 is 5.11 Å². The number of carboxylic acid groups (broad SMARTS) is 1. The zero-order valence-corrected chi connectivity index (χ0v) is 13.2. The minimum absolute atomic E-state index is 0.220. The highest BCUT2D eigenvalue weighted by Gasteiger charge is 2.35. The predicted octanol–water partition coefficient (Wildman–Crippen LogP) is 4.10. The number of carbonyl (C=O) groups is 1. The molecule has 0 spiro atoms. The van der Waals surface area contributed by atoms with Crippen molar-refractivity contribution in [3.63, 3.8) is 0 Å². The van der Waals surface area contributed by atoms with Gasteiger partial charge in [-0.3, -0.25) is 4.79 Å². The Balaban J connectivity index is 2.27. The number of pyridine rings is 1. The van der Waals surface area contributed by atoms with Crippen LogP contribution in [0.4, 0.5) is 13.2 Å². The van der Waals surface area contributed by atoms with Crippen LogP contribution in [0.5, 0.6) is 0 Å². The molecule has 0 saturated carbocycles. The van der Waals surface area contributed by atoms with Gasteiger partial charge in [-0.25, -0.2) is 9.97 Å². The van der Waals surface area contributed by atoms with Crippen LogP contribution in [0.3, 0.4) is 0 Å². The van der Waals surface area contributed by atoms with Crippen molar-refractivity contribution in [3.8, 4) is 0 Å². The second-order valence-electron chi connectivity index (χ2n) is 3.78. The van der Waals surface area contributed by atoms with Gasteiger partial charge in [0.25, 0.3) is 0 Å². The van der Waals surface area contributed by atoms with Gasteiger partial charge >= 0.3 is 12.1 Å². The number of alkyl halides is 3. The molecule has 0 amide bonds. The summed E-state index contributed by atoms with van der Waals surface area (Å²) in [5.74, 6) is -1.05. The largest absolute Gasteiger partial charge is 0.481 e. The summed E-state index contributed by atoms with van der Waals surface area (Å²) < 4.78 is 39.4. The van der Waals surface area contributed by atoms with Gasteiger partial charge in [-0.15, -0.1) is 11.3 Å². The zero-order chi connectivity index (χ0) is 15.6. The second kappa shape index (κ2) is 6.32. The maximum Gasteiger partial charge on any atom is 0.419 e. The third kappa shape index (κ3) is 4.42. The Morgan fingerprint density at radius 2 is 2.19 bits per heavy atom. The Morgan fingerprint density at radius 3 is 2.81 bits per heavy atom. The molecule has 2 heterocycles. The van der Waals surface area contributed by atoms with Crippen LogP contribution in [-0.4, -0.2) is 21.0 Å². The first-order valence-corrected chi connectivity index (χ1v) is 7.81. The smallest absolute Gasteiger partial charge is 0.419 e. The van der Waals surface area contributed by atoms with Crippen LogP contribution in [0.25, 0.3) is 0 Å². The van der Waals surface area contributed by atoms with Crippen molar-refractivity contribution in [1.82, 2.24) is 9.97 Å². The van der Waals surface area contributed by atoms with Gasteiger partial charge in [0.1, 0.15) is 5.03 Å². The molecule has 0 saturated heterocycles. The van der Waals surface area contributed by atoms with E-state index in [0.717, 1.165) is 29.2 Å². The van der Waals surface area contributed by atoms with Gasteiger partial charge in [0, 0.05) is 16.0 Å². The Bertz CT molecular complexity index is 676. The molecule has 0 atom stereocenters. The molecule has 2 aromatic rings. The maximum atomic E-state index is 12.9. The lowest BCUT2D eigenvalue weighted by molar-refractivity contribution is -0.140. The molecular formula is C11H6BrF3N2O2S2. The predicted molar refractivity (Wildman–Crippen MR) is 74.5 cm³/mol.